The van der Waals surface area contributed by atoms with Gasteiger partial charge in [-0.3, -0.25) is 4.99 Å². The van der Waals surface area contributed by atoms with Crippen molar-refractivity contribution >= 4 is 5.71 Å². The van der Waals surface area contributed by atoms with Crippen molar-refractivity contribution in [2.24, 2.45) is 10.4 Å². The van der Waals surface area contributed by atoms with Crippen molar-refractivity contribution in [3.8, 4) is 0 Å². The highest BCUT2D eigenvalue weighted by atomic mass is 14.7. The molecule has 0 amide bonds. The zero-order valence-corrected chi connectivity index (χ0v) is 23.1. The fourth-order valence-electron chi connectivity index (χ4n) is 4.18. The first-order valence-electron chi connectivity index (χ1n) is 13.4. The highest BCUT2D eigenvalue weighted by molar-refractivity contribution is 6.12. The minimum Gasteiger partial charge on any atom is -0.257 e. The molecule has 0 aromatic heterocycles. The number of aliphatic imine (C=N–C) groups is 1. The van der Waals surface area contributed by atoms with Crippen molar-refractivity contribution in [1.82, 2.24) is 0 Å². The first-order valence-corrected chi connectivity index (χ1v) is 13.4. The molecule has 1 nitrogen and oxygen atoms in total. The third-order valence-electron chi connectivity index (χ3n) is 6.87. The van der Waals surface area contributed by atoms with Gasteiger partial charge < -0.3 is 0 Å². The van der Waals surface area contributed by atoms with E-state index >= 15 is 0 Å². The average molecular weight is 452 g/mol. The number of aryl methyl sites for hydroxylation is 1. The molecule has 2 rings (SSSR count). The normalized spacial score (nSPS) is 16.2. The lowest BCUT2D eigenvalue weighted by atomic mass is 9.80. The lowest BCUT2D eigenvalue weighted by Crippen LogP contribution is -2.12. The topological polar surface area (TPSA) is 12.4 Å². The molecule has 0 unspecified atom stereocenters. The molecular weight excluding hydrogens is 398 g/mol. The fourth-order valence-corrected chi connectivity index (χ4v) is 4.18. The minimum absolute atomic E-state index is 0.705. The van der Waals surface area contributed by atoms with Crippen molar-refractivity contribution in [2.45, 2.75) is 119 Å². The summed E-state index contributed by atoms with van der Waals surface area (Å²) in [5.74, 6) is 0. The lowest BCUT2D eigenvalue weighted by Gasteiger charge is -2.25. The Morgan fingerprint density at radius 2 is 1.55 bits per heavy atom. The van der Waals surface area contributed by atoms with Gasteiger partial charge in [0.15, 0.2) is 0 Å². The van der Waals surface area contributed by atoms with E-state index in [1.165, 1.54) is 61.7 Å². The zero-order valence-electron chi connectivity index (χ0n) is 23.1. The summed E-state index contributed by atoms with van der Waals surface area (Å²) in [6.45, 7) is 23.1. The molecule has 1 heteroatoms. The highest BCUT2D eigenvalue weighted by Gasteiger charge is 2.22. The molecule has 0 N–H and O–H groups in total. The van der Waals surface area contributed by atoms with Crippen molar-refractivity contribution in [3.05, 3.63) is 72.0 Å². The predicted molar refractivity (Wildman–Crippen MR) is 152 cm³/mol. The highest BCUT2D eigenvalue weighted by Crippen LogP contribution is 2.36. The summed E-state index contributed by atoms with van der Waals surface area (Å²) in [6, 6.07) is 10.5. The van der Waals surface area contributed by atoms with Crippen molar-refractivity contribution in [1.29, 1.82) is 0 Å². The maximum Gasteiger partial charge on any atom is 0.0683 e. The van der Waals surface area contributed by atoms with Gasteiger partial charge in [-0.2, -0.15) is 0 Å². The number of rotatable bonds is 8. The van der Waals surface area contributed by atoms with E-state index in [9.17, 15) is 0 Å². The van der Waals surface area contributed by atoms with Gasteiger partial charge in [-0.1, -0.05) is 122 Å². The summed E-state index contributed by atoms with van der Waals surface area (Å²) >= 11 is 0. The Balaban J connectivity index is 0.000000490. The second kappa shape index (κ2) is 18.5. The van der Waals surface area contributed by atoms with Gasteiger partial charge in [0, 0.05) is 6.20 Å². The largest absolute Gasteiger partial charge is 0.257 e. The SMILES string of the molecule is C=CN=C(C(=C)C)/C(CCC)=C(\C)CC.CCC1(C)CCCCCC1.CCc1ccccc1. The van der Waals surface area contributed by atoms with Crippen LogP contribution >= 0.6 is 0 Å². The van der Waals surface area contributed by atoms with Gasteiger partial charge in [0.05, 0.1) is 5.71 Å². The molecular formula is C32H53N. The molecule has 0 radical (unpaired) electrons. The fraction of sp³-hybridized carbons (Fsp3) is 0.594. The van der Waals surface area contributed by atoms with Gasteiger partial charge in [0.25, 0.3) is 0 Å². The van der Waals surface area contributed by atoms with Gasteiger partial charge >= 0.3 is 0 Å². The standard InChI is InChI=1S/C14H23N.C10H20.C8H10/c1-7-10-13(12(6)8-2)14(11(4)5)15-9-3;1-3-10(2)8-6-4-5-7-9-10;1-2-8-6-4-3-5-7-8/h9H,3-4,7-8,10H2,1-2,5-6H3;3-9H2,1-2H3;3-7H,2H2,1H3/b13-12+,15-14?;;. The summed E-state index contributed by atoms with van der Waals surface area (Å²) in [7, 11) is 0. The van der Waals surface area contributed by atoms with Crippen LogP contribution in [0.3, 0.4) is 0 Å². The molecule has 0 atom stereocenters. The van der Waals surface area contributed by atoms with Crippen molar-refractivity contribution in [3.63, 3.8) is 0 Å². The smallest absolute Gasteiger partial charge is 0.0683 e. The van der Waals surface area contributed by atoms with Crippen molar-refractivity contribution in [2.75, 3.05) is 0 Å². The van der Waals surface area contributed by atoms with Gasteiger partial charge in [0.1, 0.15) is 0 Å². The molecule has 0 bridgehead atoms. The van der Waals surface area contributed by atoms with Crippen LogP contribution < -0.4 is 0 Å². The van der Waals surface area contributed by atoms with E-state index in [0.717, 1.165) is 37.0 Å². The van der Waals surface area contributed by atoms with Crippen molar-refractivity contribution < 1.29 is 0 Å². The van der Waals surface area contributed by atoms with E-state index in [1.54, 1.807) is 6.20 Å². The molecule has 0 heterocycles. The van der Waals surface area contributed by atoms with E-state index in [4.69, 9.17) is 0 Å². The molecule has 1 aliphatic carbocycles. The monoisotopic (exact) mass is 451 g/mol. The Kier molecular flexibility index (Phi) is 17.5. The van der Waals surface area contributed by atoms with Crippen LogP contribution in [0.25, 0.3) is 0 Å². The van der Waals surface area contributed by atoms with Crippen LogP contribution in [0.1, 0.15) is 118 Å². The maximum absolute atomic E-state index is 4.33. The molecule has 1 aromatic rings. The summed E-state index contributed by atoms with van der Waals surface area (Å²) in [6.07, 6.45) is 16.3. The number of hydrogen-bond acceptors (Lipinski definition) is 1. The number of allylic oxidation sites excluding steroid dienone is 3. The molecule has 1 aliphatic rings. The maximum atomic E-state index is 4.33. The number of hydrogen-bond donors (Lipinski definition) is 0. The summed E-state index contributed by atoms with van der Waals surface area (Å²) < 4.78 is 0. The van der Waals surface area contributed by atoms with Crippen LogP contribution in [0.5, 0.6) is 0 Å². The van der Waals surface area contributed by atoms with Crippen LogP contribution in [-0.2, 0) is 6.42 Å². The second-order valence-corrected chi connectivity index (χ2v) is 9.72. The second-order valence-electron chi connectivity index (χ2n) is 9.72. The minimum atomic E-state index is 0.705. The van der Waals surface area contributed by atoms with Crippen LogP contribution in [0.4, 0.5) is 0 Å². The molecule has 1 fully saturated rings. The zero-order chi connectivity index (χ0) is 25.1. The molecule has 0 saturated heterocycles. The number of nitrogens with zero attached hydrogens (tertiary/aromatic N) is 1. The van der Waals surface area contributed by atoms with E-state index in [2.05, 4.69) is 84.0 Å². The van der Waals surface area contributed by atoms with E-state index < -0.39 is 0 Å². The molecule has 33 heavy (non-hydrogen) atoms. The Labute approximate surface area is 207 Å². The van der Waals surface area contributed by atoms with Crippen LogP contribution in [0.15, 0.2) is 71.4 Å². The Hall–Kier alpha value is -1.89. The van der Waals surface area contributed by atoms with Crippen LogP contribution in [0.2, 0.25) is 0 Å². The quantitative estimate of drug-likeness (QED) is 0.275. The molecule has 1 saturated carbocycles. The first-order chi connectivity index (χ1) is 15.8. The summed E-state index contributed by atoms with van der Waals surface area (Å²) in [5, 5.41) is 0. The lowest BCUT2D eigenvalue weighted by molar-refractivity contribution is 0.266. The van der Waals surface area contributed by atoms with Crippen LogP contribution in [0, 0.1) is 5.41 Å². The molecule has 186 valence electrons. The summed E-state index contributed by atoms with van der Waals surface area (Å²) in [5.41, 5.74) is 6.90. The van der Waals surface area contributed by atoms with Crippen LogP contribution in [-0.4, -0.2) is 5.71 Å². The predicted octanol–water partition coefficient (Wildman–Crippen LogP) is 10.7. The van der Waals surface area contributed by atoms with Gasteiger partial charge in [0.2, 0.25) is 0 Å². The molecule has 0 aliphatic heterocycles. The summed E-state index contributed by atoms with van der Waals surface area (Å²) in [4.78, 5) is 4.33. The first kappa shape index (κ1) is 31.1. The Bertz CT molecular complexity index is 712. The third-order valence-corrected chi connectivity index (χ3v) is 6.87. The number of benzene rings is 1. The average Bonchev–Trinajstić information content (AvgIpc) is 3.07. The van der Waals surface area contributed by atoms with Gasteiger partial charge in [-0.05, 0) is 68.1 Å². The van der Waals surface area contributed by atoms with E-state index in [1.807, 2.05) is 13.0 Å². The molecule has 0 spiro atoms. The van der Waals surface area contributed by atoms with Gasteiger partial charge in [-0.25, -0.2) is 0 Å². The van der Waals surface area contributed by atoms with E-state index in [-0.39, 0.29) is 0 Å². The Morgan fingerprint density at radius 3 is 1.91 bits per heavy atom. The van der Waals surface area contributed by atoms with Gasteiger partial charge in [-0.15, -0.1) is 0 Å². The third kappa shape index (κ3) is 13.4. The Morgan fingerprint density at radius 1 is 0.970 bits per heavy atom. The molecule has 1 aromatic carbocycles. The van der Waals surface area contributed by atoms with E-state index in [0.29, 0.717) is 5.41 Å².